The first-order valence-corrected chi connectivity index (χ1v) is 10.1. The summed E-state index contributed by atoms with van der Waals surface area (Å²) in [4.78, 5) is 8.51. The Morgan fingerprint density at radius 2 is 1.93 bits per heavy atom. The number of aryl methyl sites for hydroxylation is 1. The highest BCUT2D eigenvalue weighted by atomic mass is 35.5. The molecule has 2 aromatic heterocycles. The molecule has 0 amide bonds. The summed E-state index contributed by atoms with van der Waals surface area (Å²) in [6.07, 6.45) is -0.507. The van der Waals surface area contributed by atoms with E-state index in [9.17, 15) is 10.2 Å². The van der Waals surface area contributed by atoms with Gasteiger partial charge in [0.15, 0.2) is 6.23 Å². The van der Waals surface area contributed by atoms with E-state index in [-0.39, 0.29) is 0 Å². The molecule has 3 aromatic rings. The van der Waals surface area contributed by atoms with Crippen LogP contribution in [0, 0.1) is 6.92 Å². The third-order valence-corrected chi connectivity index (χ3v) is 6.44. The Bertz CT molecular complexity index is 1090. The van der Waals surface area contributed by atoms with Crippen LogP contribution in [0.2, 0.25) is 10.0 Å². The zero-order chi connectivity index (χ0) is 20.3. The SMILES string of the molecule is Cc1ncnc2c1ccn2[C@@H]1O[C@H]([C@@H]2OCCc3cc(Cl)c(Cl)cc32)[C@@H](O)[C@H]1O. The second-order valence-electron chi connectivity index (χ2n) is 7.40. The van der Waals surface area contributed by atoms with Crippen LogP contribution in [0.5, 0.6) is 0 Å². The van der Waals surface area contributed by atoms with Crippen LogP contribution in [0.25, 0.3) is 11.0 Å². The van der Waals surface area contributed by atoms with E-state index in [1.165, 1.54) is 6.33 Å². The van der Waals surface area contributed by atoms with Crippen molar-refractivity contribution in [2.45, 2.75) is 44.0 Å². The van der Waals surface area contributed by atoms with Gasteiger partial charge in [-0.1, -0.05) is 23.2 Å². The van der Waals surface area contributed by atoms with E-state index in [1.807, 2.05) is 19.1 Å². The summed E-state index contributed by atoms with van der Waals surface area (Å²) in [5.74, 6) is 0. The molecule has 7 nitrogen and oxygen atoms in total. The highest BCUT2D eigenvalue weighted by Crippen LogP contribution is 2.43. The molecule has 9 heteroatoms. The largest absolute Gasteiger partial charge is 0.387 e. The number of hydrogen-bond donors (Lipinski definition) is 2. The molecule has 0 spiro atoms. The molecule has 1 fully saturated rings. The highest BCUT2D eigenvalue weighted by molar-refractivity contribution is 6.42. The molecule has 0 saturated carbocycles. The topological polar surface area (TPSA) is 89.6 Å². The highest BCUT2D eigenvalue weighted by Gasteiger charge is 2.49. The number of aliphatic hydroxyl groups is 2. The first kappa shape index (κ1) is 19.2. The predicted molar refractivity (Wildman–Crippen MR) is 107 cm³/mol. The van der Waals surface area contributed by atoms with E-state index in [0.29, 0.717) is 28.7 Å². The molecular weight excluding hydrogens is 417 g/mol. The molecule has 4 heterocycles. The lowest BCUT2D eigenvalue weighted by Crippen LogP contribution is -2.37. The number of hydrogen-bond acceptors (Lipinski definition) is 6. The Morgan fingerprint density at radius 3 is 2.76 bits per heavy atom. The molecule has 0 radical (unpaired) electrons. The van der Waals surface area contributed by atoms with Gasteiger partial charge in [-0.05, 0) is 42.7 Å². The number of benzene rings is 1. The summed E-state index contributed by atoms with van der Waals surface area (Å²) in [5, 5.41) is 23.3. The minimum absolute atomic E-state index is 0.411. The molecule has 0 aliphatic carbocycles. The van der Waals surface area contributed by atoms with E-state index in [2.05, 4.69) is 9.97 Å². The number of halogens is 2. The molecule has 2 aliphatic rings. The third-order valence-electron chi connectivity index (χ3n) is 5.71. The summed E-state index contributed by atoms with van der Waals surface area (Å²) in [7, 11) is 0. The summed E-state index contributed by atoms with van der Waals surface area (Å²) in [5.41, 5.74) is 3.28. The minimum Gasteiger partial charge on any atom is -0.387 e. The van der Waals surface area contributed by atoms with Crippen molar-refractivity contribution in [3.8, 4) is 0 Å². The molecule has 5 rings (SSSR count). The summed E-state index contributed by atoms with van der Waals surface area (Å²) in [6, 6.07) is 5.44. The van der Waals surface area contributed by atoms with E-state index in [1.54, 1.807) is 16.8 Å². The number of rotatable bonds is 2. The van der Waals surface area contributed by atoms with Gasteiger partial charge in [0.25, 0.3) is 0 Å². The Hall–Kier alpha value is -1.74. The Labute approximate surface area is 176 Å². The Morgan fingerprint density at radius 1 is 1.14 bits per heavy atom. The van der Waals surface area contributed by atoms with Crippen molar-refractivity contribution >= 4 is 34.2 Å². The molecule has 0 bridgehead atoms. The first-order valence-electron chi connectivity index (χ1n) is 9.35. The second kappa shape index (κ2) is 7.19. The van der Waals surface area contributed by atoms with Crippen molar-refractivity contribution in [2.24, 2.45) is 0 Å². The summed E-state index contributed by atoms with van der Waals surface area (Å²) < 4.78 is 13.8. The Balaban J connectivity index is 1.51. The lowest BCUT2D eigenvalue weighted by Gasteiger charge is -2.31. The van der Waals surface area contributed by atoms with Gasteiger partial charge in [0.1, 0.15) is 36.4 Å². The van der Waals surface area contributed by atoms with Crippen LogP contribution >= 0.6 is 23.2 Å². The van der Waals surface area contributed by atoms with Crippen molar-refractivity contribution in [2.75, 3.05) is 6.61 Å². The van der Waals surface area contributed by atoms with Crippen molar-refractivity contribution in [3.05, 3.63) is 57.6 Å². The van der Waals surface area contributed by atoms with Crippen LogP contribution < -0.4 is 0 Å². The maximum Gasteiger partial charge on any atom is 0.164 e. The van der Waals surface area contributed by atoms with Crippen molar-refractivity contribution in [1.82, 2.24) is 14.5 Å². The Kier molecular flexibility index (Phi) is 4.77. The molecule has 29 heavy (non-hydrogen) atoms. The monoisotopic (exact) mass is 435 g/mol. The zero-order valence-corrected chi connectivity index (χ0v) is 17.0. The smallest absolute Gasteiger partial charge is 0.164 e. The van der Waals surface area contributed by atoms with Crippen LogP contribution in [0.1, 0.15) is 29.2 Å². The van der Waals surface area contributed by atoms with Gasteiger partial charge >= 0.3 is 0 Å². The number of nitrogens with zero attached hydrogens (tertiary/aromatic N) is 3. The fourth-order valence-electron chi connectivity index (χ4n) is 4.21. The lowest BCUT2D eigenvalue weighted by atomic mass is 9.92. The summed E-state index contributed by atoms with van der Waals surface area (Å²) >= 11 is 12.4. The van der Waals surface area contributed by atoms with E-state index >= 15 is 0 Å². The quantitative estimate of drug-likeness (QED) is 0.642. The molecule has 1 saturated heterocycles. The predicted octanol–water partition coefficient (Wildman–Crippen LogP) is 2.98. The van der Waals surface area contributed by atoms with Crippen LogP contribution in [-0.2, 0) is 15.9 Å². The number of aliphatic hydroxyl groups excluding tert-OH is 2. The van der Waals surface area contributed by atoms with Gasteiger partial charge in [-0.15, -0.1) is 0 Å². The van der Waals surface area contributed by atoms with Crippen molar-refractivity contribution in [3.63, 3.8) is 0 Å². The van der Waals surface area contributed by atoms with Crippen molar-refractivity contribution < 1.29 is 19.7 Å². The zero-order valence-electron chi connectivity index (χ0n) is 15.5. The first-order chi connectivity index (χ1) is 14.0. The van der Waals surface area contributed by atoms with Crippen LogP contribution in [0.3, 0.4) is 0 Å². The minimum atomic E-state index is -1.15. The normalized spacial score (nSPS) is 29.3. The molecule has 0 unspecified atom stereocenters. The number of fused-ring (bicyclic) bond motifs is 2. The fraction of sp³-hybridized carbons (Fsp3) is 0.400. The van der Waals surface area contributed by atoms with Crippen molar-refractivity contribution in [1.29, 1.82) is 0 Å². The molecular formula is C20H19Cl2N3O4. The van der Waals surface area contributed by atoms with Gasteiger partial charge in [-0.25, -0.2) is 9.97 Å². The molecule has 5 atom stereocenters. The standard InChI is InChI=1S/C20H19Cl2N3O4/c1-9-11-2-4-25(19(11)24-8-23-9)20-16(27)15(26)18(29-20)17-12-7-14(22)13(21)6-10(12)3-5-28-17/h2,4,6-8,15-18,20,26-27H,3,5H2,1H3/t15-,16+,17+,18-,20+/m0/s1. The molecule has 152 valence electrons. The molecule has 1 aromatic carbocycles. The number of aromatic nitrogens is 3. The number of ether oxygens (including phenoxy) is 2. The maximum absolute atomic E-state index is 10.8. The fourth-order valence-corrected chi connectivity index (χ4v) is 4.57. The van der Waals surface area contributed by atoms with Crippen LogP contribution in [0.4, 0.5) is 0 Å². The molecule has 2 aliphatic heterocycles. The van der Waals surface area contributed by atoms with E-state index in [4.69, 9.17) is 32.7 Å². The van der Waals surface area contributed by atoms with Gasteiger partial charge in [0, 0.05) is 11.6 Å². The average molecular weight is 436 g/mol. The third kappa shape index (κ3) is 3.04. The van der Waals surface area contributed by atoms with Crippen LogP contribution in [-0.4, -0.2) is 49.7 Å². The summed E-state index contributed by atoms with van der Waals surface area (Å²) in [6.45, 7) is 2.35. The maximum atomic E-state index is 10.8. The lowest BCUT2D eigenvalue weighted by molar-refractivity contribution is -0.113. The van der Waals surface area contributed by atoms with Gasteiger partial charge in [-0.3, -0.25) is 0 Å². The van der Waals surface area contributed by atoms with Gasteiger partial charge < -0.3 is 24.3 Å². The second-order valence-corrected chi connectivity index (χ2v) is 8.21. The van der Waals surface area contributed by atoms with E-state index < -0.39 is 30.6 Å². The van der Waals surface area contributed by atoms with E-state index in [0.717, 1.165) is 22.2 Å². The van der Waals surface area contributed by atoms with Gasteiger partial charge in [0.05, 0.1) is 22.3 Å². The van der Waals surface area contributed by atoms with Crippen LogP contribution in [0.15, 0.2) is 30.7 Å². The molecule has 2 N–H and O–H groups in total. The average Bonchev–Trinajstić information content (AvgIpc) is 3.25. The van der Waals surface area contributed by atoms with Gasteiger partial charge in [-0.2, -0.15) is 0 Å². The van der Waals surface area contributed by atoms with Gasteiger partial charge in [0.2, 0.25) is 0 Å².